The van der Waals surface area contributed by atoms with E-state index < -0.39 is 222 Å². The fourth-order valence-corrected chi connectivity index (χ4v) is 16.6. The normalized spacial score (nSPS) is 26.5. The Kier molecular flexibility index (Phi) is 34.4. The van der Waals surface area contributed by atoms with Crippen molar-refractivity contribution in [3.8, 4) is 11.1 Å². The average molecular weight is 1650 g/mol. The second kappa shape index (κ2) is 44.1. The summed E-state index contributed by atoms with van der Waals surface area (Å²) in [4.78, 5) is 224. The topological polar surface area (TPSA) is 583 Å². The molecule has 5 fully saturated rings. The van der Waals surface area contributed by atoms with Crippen LogP contribution < -0.4 is 80.6 Å². The van der Waals surface area contributed by atoms with Crippen molar-refractivity contribution in [1.29, 1.82) is 10.8 Å². The Labute approximate surface area is 678 Å². The van der Waals surface area contributed by atoms with Crippen molar-refractivity contribution in [2.75, 3.05) is 57.4 Å². The highest BCUT2D eigenvalue weighted by Gasteiger charge is 2.47. The van der Waals surface area contributed by atoms with Crippen LogP contribution in [0.2, 0.25) is 0 Å². The highest BCUT2D eigenvalue weighted by Crippen LogP contribution is 2.30. The number of nitrogens with one attached hydrogen (secondary N) is 15. The second-order valence-electron chi connectivity index (χ2n) is 29.2. The minimum absolute atomic E-state index is 0.00667. The number of benzene rings is 3. The Morgan fingerprint density at radius 3 is 1.45 bits per heavy atom. The molecule has 14 amide bonds. The zero-order chi connectivity index (χ0) is 84.3. The van der Waals surface area contributed by atoms with E-state index in [-0.39, 0.29) is 103 Å². The molecule has 3 aromatic rings. The number of aliphatic carboxylic acids is 1. The molecule has 0 radical (unpaired) electrons. The molecule has 2 bridgehead atoms. The summed E-state index contributed by atoms with van der Waals surface area (Å²) in [5, 5.41) is 81.1. The van der Waals surface area contributed by atoms with Crippen molar-refractivity contribution in [1.82, 2.24) is 83.8 Å². The van der Waals surface area contributed by atoms with E-state index in [4.69, 9.17) is 22.3 Å². The maximum atomic E-state index is 15.4. The molecule has 5 saturated heterocycles. The number of aliphatic hydroxyl groups excluding tert-OH is 2. The highest BCUT2D eigenvalue weighted by molar-refractivity contribution is 8.76. The van der Waals surface area contributed by atoms with Gasteiger partial charge in [-0.05, 0) is 99.3 Å². The Hall–Kier alpha value is -11.1. The van der Waals surface area contributed by atoms with Crippen LogP contribution in [0, 0.1) is 16.7 Å². The smallest absolute Gasteiger partial charge is 0.305 e. The Balaban J connectivity index is 1.23. The van der Waals surface area contributed by atoms with E-state index in [0.29, 0.717) is 24.0 Å². The number of carbonyl (C=O) groups is 15. The third-order valence-corrected chi connectivity index (χ3v) is 23.1. The lowest BCUT2D eigenvalue weighted by Gasteiger charge is -2.34. The lowest BCUT2D eigenvalue weighted by Crippen LogP contribution is -2.62. The van der Waals surface area contributed by atoms with Crippen molar-refractivity contribution in [3.63, 3.8) is 0 Å². The van der Waals surface area contributed by atoms with Gasteiger partial charge in [-0.15, -0.1) is 0 Å². The molecule has 5 heterocycles. The Morgan fingerprint density at radius 2 is 0.914 bits per heavy atom. The van der Waals surface area contributed by atoms with Gasteiger partial charge in [-0.1, -0.05) is 127 Å². The first-order valence-electron chi connectivity index (χ1n) is 38.8. The lowest BCUT2D eigenvalue weighted by atomic mass is 9.97. The van der Waals surface area contributed by atoms with Crippen molar-refractivity contribution in [2.24, 2.45) is 17.4 Å². The van der Waals surface area contributed by atoms with Crippen LogP contribution in [0.3, 0.4) is 0 Å². The van der Waals surface area contributed by atoms with Gasteiger partial charge in [0.25, 0.3) is 0 Å². The zero-order valence-corrected chi connectivity index (χ0v) is 66.4. The van der Waals surface area contributed by atoms with E-state index in [1.807, 2.05) is 42.5 Å². The average Bonchev–Trinajstić information content (AvgIpc) is 1.64. The number of hydrogen-bond donors (Lipinski definition) is 20. The van der Waals surface area contributed by atoms with Crippen LogP contribution >= 0.6 is 21.6 Å². The summed E-state index contributed by atoms with van der Waals surface area (Å²) in [7, 11) is 1.66. The van der Waals surface area contributed by atoms with Gasteiger partial charge in [0.05, 0.1) is 25.7 Å². The van der Waals surface area contributed by atoms with Gasteiger partial charge >= 0.3 is 5.97 Å². The van der Waals surface area contributed by atoms with Gasteiger partial charge < -0.3 is 111 Å². The first-order valence-corrected chi connectivity index (χ1v) is 41.2. The van der Waals surface area contributed by atoms with E-state index >= 15 is 33.6 Å². The molecule has 0 spiro atoms. The van der Waals surface area contributed by atoms with E-state index in [0.717, 1.165) is 39.6 Å². The molecule has 116 heavy (non-hydrogen) atoms. The quantitative estimate of drug-likeness (QED) is 0.0235. The van der Waals surface area contributed by atoms with Gasteiger partial charge in [0.2, 0.25) is 82.7 Å². The van der Waals surface area contributed by atoms with Crippen LogP contribution in [0.4, 0.5) is 0 Å². The number of aliphatic hydroxyl groups is 2. The maximum Gasteiger partial charge on any atom is 0.305 e. The van der Waals surface area contributed by atoms with E-state index in [1.54, 1.807) is 56.3 Å². The number of rotatable bonds is 19. The largest absolute Gasteiger partial charge is 0.481 e. The van der Waals surface area contributed by atoms with Crippen molar-refractivity contribution in [3.05, 3.63) is 96.1 Å². The van der Waals surface area contributed by atoms with Crippen molar-refractivity contribution < 1.29 is 87.2 Å². The van der Waals surface area contributed by atoms with Crippen molar-refractivity contribution in [2.45, 2.75) is 195 Å². The number of nitrogens with zero attached hydrogens (tertiary/aromatic N) is 3. The molecule has 3 aromatic carbocycles. The molecule has 630 valence electrons. The molecule has 8 rings (SSSR count). The van der Waals surface area contributed by atoms with E-state index in [2.05, 4.69) is 69.1 Å². The highest BCUT2D eigenvalue weighted by atomic mass is 33.1. The number of hydrogen-bond acceptors (Lipinski definition) is 21. The van der Waals surface area contributed by atoms with Crippen LogP contribution in [0.25, 0.3) is 11.1 Å². The van der Waals surface area contributed by atoms with E-state index in [9.17, 15) is 53.7 Å². The zero-order valence-electron chi connectivity index (χ0n) is 64.8. The van der Waals surface area contributed by atoms with Gasteiger partial charge in [0.15, 0.2) is 11.9 Å². The SMILES string of the molecule is CC[C@H](C)[C@@H]1NC(=O)[C@@H]2CCCN2C(=O)[C@@H]2CCCN2C(=O)[C@H](Cc2ccc(-c3ccccc3)cc2)NC(=O)[C@H](CO)NC(=O)[C@H](CCCNC(=N)N)NC(=O)[C@H]([C@@H](C)O)NC(=O)[C@@H]2CSSC[C@H](NC1=O)C(=O)N[C@@H](Cc1ccccc1)C(=O)N1CCC[C@H]1C(=O)N[C@@H](CC(=O)O)C(=O)NCC(=O)N[C@@H](CCCNC(=N)N)C(=O)N2. The predicted molar refractivity (Wildman–Crippen MR) is 426 cm³/mol. The summed E-state index contributed by atoms with van der Waals surface area (Å²) >= 11 is 0. The maximum absolute atomic E-state index is 15.4. The van der Waals surface area contributed by atoms with Crippen LogP contribution in [0.15, 0.2) is 84.9 Å². The summed E-state index contributed by atoms with van der Waals surface area (Å²) < 4.78 is 0. The minimum Gasteiger partial charge on any atom is -0.481 e. The van der Waals surface area contributed by atoms with E-state index in [1.165, 1.54) is 14.7 Å². The molecule has 0 unspecified atom stereocenters. The molecule has 0 aromatic heterocycles. The molecular formula is C76H106N20O18S2. The first kappa shape index (κ1) is 90.4. The molecule has 0 aliphatic carbocycles. The number of carboxylic acid groups (broad SMARTS) is 1. The van der Waals surface area contributed by atoms with Crippen LogP contribution in [-0.2, 0) is 84.8 Å². The molecule has 5 aliphatic rings. The van der Waals surface area contributed by atoms with Crippen LogP contribution in [0.5, 0.6) is 0 Å². The van der Waals surface area contributed by atoms with Crippen LogP contribution in [-0.4, -0.2) is 273 Å². The molecule has 5 aliphatic heterocycles. The standard InChI is InChI=1S/C76H106N20O18S2/c1-4-41(2)60-70(110)91-53-39-115-116-40-54(90-63(103)47(20-11-29-81-75(77)78)84-58(99)37-83-62(102)49(36-59(100)101)86-68(108)55-22-13-31-94(55)72(112)50(88-66(53)106)34-43-16-7-5-8-17-43)67(107)93-61(42(3)98)71(111)85-48(21-12-30-82-76(79)80)64(104)89-52(38-97)65(105)87-51(35-44-25-27-46(28-26-44)45-18-9-6-10-19-45)73(113)96-33-15-24-57(96)74(114)95-32-14-23-56(95)69(109)92-60/h5-10,16-19,25-28,41-42,47-57,60-61,97-98H,4,11-15,20-24,29-40H2,1-3H3,(H,83,102)(H,84,99)(H,85,111)(H,86,108)(H,87,105)(H,88,106)(H,89,104)(H,90,103)(H,91,110)(H,92,109)(H,93,107)(H,100,101)(H4,77,78,81)(H4,79,80,82)/t41-,42+,47-,48-,49-,50-,51-,52-,53-,54-,55-,56-,57-,60-,61-/m0/s1. The summed E-state index contributed by atoms with van der Waals surface area (Å²) in [5.41, 5.74) is 13.8. The fourth-order valence-electron chi connectivity index (χ4n) is 14.2. The molecule has 22 N–H and O–H groups in total. The number of carboxylic acids is 1. The molecular weight excluding hydrogens is 1550 g/mol. The molecule has 0 saturated carbocycles. The fraction of sp³-hybridized carbons (Fsp3) is 0.539. The number of fused-ring (bicyclic) bond motifs is 8. The number of nitrogens with two attached hydrogens (primary N) is 2. The Bertz CT molecular complexity index is 4040. The lowest BCUT2D eigenvalue weighted by molar-refractivity contribution is -0.148. The van der Waals surface area contributed by atoms with Gasteiger partial charge in [-0.2, -0.15) is 0 Å². The third-order valence-electron chi connectivity index (χ3n) is 20.7. The summed E-state index contributed by atoms with van der Waals surface area (Å²) in [6.07, 6.45) is -2.58. The van der Waals surface area contributed by atoms with Crippen molar-refractivity contribution >= 4 is 122 Å². The number of guanidine groups is 2. The predicted octanol–water partition coefficient (Wildman–Crippen LogP) is -4.09. The molecule has 15 atom stereocenters. The minimum atomic E-state index is -2.02. The first-order chi connectivity index (χ1) is 55.4. The third kappa shape index (κ3) is 25.9. The molecule has 40 heteroatoms. The van der Waals surface area contributed by atoms with Gasteiger partial charge in [0, 0.05) is 57.1 Å². The molecule has 38 nitrogen and oxygen atoms in total. The monoisotopic (exact) mass is 1650 g/mol. The van der Waals surface area contributed by atoms with Crippen LogP contribution in [0.1, 0.15) is 109 Å². The Morgan fingerprint density at radius 1 is 0.491 bits per heavy atom. The van der Waals surface area contributed by atoms with Gasteiger partial charge in [0.1, 0.15) is 78.5 Å². The van der Waals surface area contributed by atoms with Gasteiger partial charge in [-0.3, -0.25) is 82.7 Å². The summed E-state index contributed by atoms with van der Waals surface area (Å²) in [6.45, 7) is 2.36. The number of amides is 14. The summed E-state index contributed by atoms with van der Waals surface area (Å²) in [6, 6.07) is 4.13. The number of carbonyl (C=O) groups excluding carboxylic acids is 14. The summed E-state index contributed by atoms with van der Waals surface area (Å²) in [5.74, 6) is -17.9. The van der Waals surface area contributed by atoms with Gasteiger partial charge in [-0.25, -0.2) is 0 Å². The second-order valence-corrected chi connectivity index (χ2v) is 31.8.